The predicted molar refractivity (Wildman–Crippen MR) is 63.7 cm³/mol. The number of hydrogen-bond donors (Lipinski definition) is 2. The zero-order valence-corrected chi connectivity index (χ0v) is 10.1. The lowest BCUT2D eigenvalue weighted by atomic mass is 10.2. The number of hydrogen-bond acceptors (Lipinski definition) is 2. The lowest BCUT2D eigenvalue weighted by Gasteiger charge is -2.11. The van der Waals surface area contributed by atoms with Crippen LogP contribution in [0.25, 0.3) is 0 Å². The van der Waals surface area contributed by atoms with Crippen LogP contribution < -0.4 is 5.32 Å². The van der Waals surface area contributed by atoms with Gasteiger partial charge in [-0.05, 0) is 37.1 Å². The van der Waals surface area contributed by atoms with Crippen molar-refractivity contribution in [2.75, 3.05) is 11.9 Å². The van der Waals surface area contributed by atoms with Crippen LogP contribution in [0.3, 0.4) is 0 Å². The van der Waals surface area contributed by atoms with E-state index in [0.717, 1.165) is 16.6 Å². The van der Waals surface area contributed by atoms with E-state index in [4.69, 9.17) is 0 Å². The van der Waals surface area contributed by atoms with Crippen molar-refractivity contribution >= 4 is 21.6 Å². The molecular weight excluding hydrogens is 242 g/mol. The minimum absolute atomic E-state index is 0.265. The fraction of sp³-hybridized carbons (Fsp3) is 0.455. The first-order valence-corrected chi connectivity index (χ1v) is 5.61. The maximum Gasteiger partial charge on any atom is 0.0709 e. The molecule has 2 nitrogen and oxygen atoms in total. The van der Waals surface area contributed by atoms with E-state index in [1.54, 1.807) is 0 Å². The van der Waals surface area contributed by atoms with Gasteiger partial charge in [-0.1, -0.05) is 22.9 Å². The van der Waals surface area contributed by atoms with Gasteiger partial charge < -0.3 is 10.4 Å². The second-order valence-corrected chi connectivity index (χ2v) is 4.26. The third-order valence-electron chi connectivity index (χ3n) is 2.17. The van der Waals surface area contributed by atoms with Crippen molar-refractivity contribution in [2.45, 2.75) is 26.4 Å². The molecule has 1 atom stereocenters. The first-order chi connectivity index (χ1) is 6.63. The molecular formula is C11H16BrNO. The smallest absolute Gasteiger partial charge is 0.0709 e. The van der Waals surface area contributed by atoms with Gasteiger partial charge >= 0.3 is 0 Å². The van der Waals surface area contributed by atoms with Crippen LogP contribution in [0, 0.1) is 6.92 Å². The van der Waals surface area contributed by atoms with Crippen LogP contribution in [0.4, 0.5) is 5.69 Å². The van der Waals surface area contributed by atoms with Gasteiger partial charge in [0.05, 0.1) is 6.10 Å². The molecule has 0 saturated heterocycles. The summed E-state index contributed by atoms with van der Waals surface area (Å²) in [6.45, 7) is 4.63. The number of rotatable bonds is 4. The molecule has 0 aliphatic rings. The lowest BCUT2D eigenvalue weighted by Crippen LogP contribution is -2.18. The number of aryl methyl sites for hydroxylation is 1. The summed E-state index contributed by atoms with van der Waals surface area (Å²) in [4.78, 5) is 0. The van der Waals surface area contributed by atoms with Crippen molar-refractivity contribution < 1.29 is 5.11 Å². The Kier molecular flexibility index (Phi) is 4.42. The minimum atomic E-state index is -0.265. The van der Waals surface area contributed by atoms with Gasteiger partial charge in [-0.3, -0.25) is 0 Å². The van der Waals surface area contributed by atoms with Crippen LogP contribution in [-0.4, -0.2) is 17.8 Å². The van der Waals surface area contributed by atoms with Crippen molar-refractivity contribution in [3.8, 4) is 0 Å². The number of halogens is 1. The van der Waals surface area contributed by atoms with E-state index in [1.165, 1.54) is 5.56 Å². The molecule has 78 valence electrons. The Morgan fingerprint density at radius 2 is 2.21 bits per heavy atom. The quantitative estimate of drug-likeness (QED) is 0.870. The fourth-order valence-electron chi connectivity index (χ4n) is 1.13. The average molecular weight is 258 g/mol. The molecule has 0 bridgehead atoms. The molecule has 1 aromatic rings. The fourth-order valence-corrected chi connectivity index (χ4v) is 1.38. The second kappa shape index (κ2) is 5.37. The molecule has 1 unspecified atom stereocenters. The van der Waals surface area contributed by atoms with E-state index >= 15 is 0 Å². The molecule has 0 aromatic heterocycles. The van der Waals surface area contributed by atoms with Gasteiger partial charge in [0, 0.05) is 16.7 Å². The summed E-state index contributed by atoms with van der Waals surface area (Å²) in [5.41, 5.74) is 2.25. The Hall–Kier alpha value is -0.540. The summed E-state index contributed by atoms with van der Waals surface area (Å²) in [5.74, 6) is 0. The molecule has 0 spiro atoms. The van der Waals surface area contributed by atoms with Crippen molar-refractivity contribution in [1.82, 2.24) is 0 Å². The number of anilines is 1. The third-order valence-corrected chi connectivity index (χ3v) is 3.06. The van der Waals surface area contributed by atoms with E-state index < -0.39 is 0 Å². The van der Waals surface area contributed by atoms with Crippen molar-refractivity contribution in [3.05, 3.63) is 28.2 Å². The van der Waals surface area contributed by atoms with Crippen molar-refractivity contribution in [3.63, 3.8) is 0 Å². The molecule has 0 saturated carbocycles. The van der Waals surface area contributed by atoms with Gasteiger partial charge in [-0.25, -0.2) is 0 Å². The van der Waals surface area contributed by atoms with Crippen LogP contribution in [0.15, 0.2) is 22.7 Å². The van der Waals surface area contributed by atoms with Gasteiger partial charge in [0.15, 0.2) is 0 Å². The molecule has 0 amide bonds. The van der Waals surface area contributed by atoms with E-state index in [2.05, 4.69) is 27.3 Å². The highest BCUT2D eigenvalue weighted by atomic mass is 79.9. The van der Waals surface area contributed by atoms with Gasteiger partial charge in [0.25, 0.3) is 0 Å². The molecule has 0 aliphatic heterocycles. The van der Waals surface area contributed by atoms with E-state index in [0.29, 0.717) is 6.54 Å². The normalized spacial score (nSPS) is 12.6. The molecule has 2 N–H and O–H groups in total. The van der Waals surface area contributed by atoms with Gasteiger partial charge in [-0.2, -0.15) is 0 Å². The molecule has 0 aliphatic carbocycles. The first kappa shape index (κ1) is 11.5. The Morgan fingerprint density at radius 3 is 2.79 bits per heavy atom. The second-order valence-electron chi connectivity index (χ2n) is 3.41. The highest BCUT2D eigenvalue weighted by molar-refractivity contribution is 9.10. The Labute approximate surface area is 93.5 Å². The largest absolute Gasteiger partial charge is 0.391 e. The number of aliphatic hydroxyl groups is 1. The molecule has 14 heavy (non-hydrogen) atoms. The number of benzene rings is 1. The Balaban J connectivity index is 2.55. The molecule has 1 aromatic carbocycles. The molecule has 0 radical (unpaired) electrons. The average Bonchev–Trinajstić information content (AvgIpc) is 2.19. The summed E-state index contributed by atoms with van der Waals surface area (Å²) in [6.07, 6.45) is 0.515. The first-order valence-electron chi connectivity index (χ1n) is 4.81. The van der Waals surface area contributed by atoms with Crippen LogP contribution in [0.2, 0.25) is 0 Å². The van der Waals surface area contributed by atoms with E-state index in [1.807, 2.05) is 26.0 Å². The minimum Gasteiger partial charge on any atom is -0.391 e. The maximum atomic E-state index is 9.37. The summed E-state index contributed by atoms with van der Waals surface area (Å²) >= 11 is 3.45. The summed E-state index contributed by atoms with van der Waals surface area (Å²) in [6, 6.07) is 6.07. The molecule has 1 rings (SSSR count). The number of aliphatic hydroxyl groups excluding tert-OH is 1. The van der Waals surface area contributed by atoms with Crippen LogP contribution in [-0.2, 0) is 0 Å². The monoisotopic (exact) mass is 257 g/mol. The van der Waals surface area contributed by atoms with Crippen LogP contribution in [0.5, 0.6) is 0 Å². The SMILES string of the molecule is CCC(O)CNc1ccc(Br)c(C)c1. The Bertz CT molecular complexity index is 301. The zero-order chi connectivity index (χ0) is 10.6. The summed E-state index contributed by atoms with van der Waals surface area (Å²) in [5, 5.41) is 12.6. The lowest BCUT2D eigenvalue weighted by molar-refractivity contribution is 0.183. The topological polar surface area (TPSA) is 32.3 Å². The maximum absolute atomic E-state index is 9.37. The molecule has 0 heterocycles. The van der Waals surface area contributed by atoms with E-state index in [9.17, 15) is 5.11 Å². The predicted octanol–water partition coefficient (Wildman–Crippen LogP) is 2.94. The summed E-state index contributed by atoms with van der Waals surface area (Å²) in [7, 11) is 0. The van der Waals surface area contributed by atoms with E-state index in [-0.39, 0.29) is 6.10 Å². The summed E-state index contributed by atoms with van der Waals surface area (Å²) < 4.78 is 1.11. The van der Waals surface area contributed by atoms with Crippen LogP contribution >= 0.6 is 15.9 Å². The van der Waals surface area contributed by atoms with Crippen molar-refractivity contribution in [2.24, 2.45) is 0 Å². The van der Waals surface area contributed by atoms with Gasteiger partial charge in [0.2, 0.25) is 0 Å². The van der Waals surface area contributed by atoms with Crippen molar-refractivity contribution in [1.29, 1.82) is 0 Å². The highest BCUT2D eigenvalue weighted by Gasteiger charge is 2.01. The van der Waals surface area contributed by atoms with Gasteiger partial charge in [0.1, 0.15) is 0 Å². The highest BCUT2D eigenvalue weighted by Crippen LogP contribution is 2.19. The van der Waals surface area contributed by atoms with Gasteiger partial charge in [-0.15, -0.1) is 0 Å². The molecule has 0 fully saturated rings. The third kappa shape index (κ3) is 3.31. The van der Waals surface area contributed by atoms with Crippen LogP contribution in [0.1, 0.15) is 18.9 Å². The molecule has 3 heteroatoms. The number of nitrogens with one attached hydrogen (secondary N) is 1. The standard InChI is InChI=1S/C11H16BrNO/c1-3-10(14)7-13-9-4-5-11(12)8(2)6-9/h4-6,10,13-14H,3,7H2,1-2H3. The Morgan fingerprint density at radius 1 is 1.50 bits per heavy atom. The zero-order valence-electron chi connectivity index (χ0n) is 8.55.